The van der Waals surface area contributed by atoms with E-state index in [0.717, 1.165) is 37.4 Å². The van der Waals surface area contributed by atoms with Gasteiger partial charge in [-0.1, -0.05) is 19.3 Å². The fourth-order valence-corrected chi connectivity index (χ4v) is 3.54. The molecule has 1 aromatic rings. The van der Waals surface area contributed by atoms with Crippen molar-refractivity contribution in [1.29, 1.82) is 0 Å². The Kier molecular flexibility index (Phi) is 5.92. The quantitative estimate of drug-likeness (QED) is 0.870. The third kappa shape index (κ3) is 4.96. The van der Waals surface area contributed by atoms with E-state index < -0.39 is 0 Å². The number of ether oxygens (including phenoxy) is 1. The van der Waals surface area contributed by atoms with Crippen LogP contribution in [0, 0.1) is 5.92 Å². The summed E-state index contributed by atoms with van der Waals surface area (Å²) in [4.78, 5) is 14.7. The van der Waals surface area contributed by atoms with Crippen LogP contribution in [-0.4, -0.2) is 37.0 Å². The lowest BCUT2D eigenvalue weighted by Crippen LogP contribution is -2.25. The van der Waals surface area contributed by atoms with Crippen molar-refractivity contribution in [3.05, 3.63) is 24.3 Å². The van der Waals surface area contributed by atoms with Crippen LogP contribution >= 0.6 is 0 Å². The van der Waals surface area contributed by atoms with E-state index in [9.17, 15) is 4.79 Å². The topological polar surface area (TPSA) is 41.6 Å². The number of anilines is 1. The van der Waals surface area contributed by atoms with E-state index in [1.54, 1.807) is 0 Å². The predicted octanol–water partition coefficient (Wildman–Crippen LogP) is 3.68. The monoisotopic (exact) mass is 316 g/mol. The third-order valence-electron chi connectivity index (χ3n) is 4.97. The number of carbonyl (C=O) groups is 1. The van der Waals surface area contributed by atoms with Gasteiger partial charge in [0.1, 0.15) is 12.4 Å². The van der Waals surface area contributed by atoms with Gasteiger partial charge in [0.2, 0.25) is 5.91 Å². The van der Waals surface area contributed by atoms with Gasteiger partial charge >= 0.3 is 0 Å². The molecule has 1 saturated heterocycles. The molecule has 2 aliphatic rings. The Hall–Kier alpha value is -1.55. The van der Waals surface area contributed by atoms with Crippen molar-refractivity contribution in [1.82, 2.24) is 4.90 Å². The van der Waals surface area contributed by atoms with Crippen LogP contribution in [0.2, 0.25) is 0 Å². The molecule has 1 aromatic carbocycles. The summed E-state index contributed by atoms with van der Waals surface area (Å²) in [5, 5.41) is 3.04. The van der Waals surface area contributed by atoms with E-state index in [-0.39, 0.29) is 11.8 Å². The maximum absolute atomic E-state index is 12.2. The molecule has 0 unspecified atom stereocenters. The zero-order valence-electron chi connectivity index (χ0n) is 13.9. The van der Waals surface area contributed by atoms with Crippen molar-refractivity contribution < 1.29 is 9.53 Å². The first-order valence-electron chi connectivity index (χ1n) is 9.07. The zero-order valence-corrected chi connectivity index (χ0v) is 13.9. The highest BCUT2D eigenvalue weighted by molar-refractivity contribution is 5.92. The summed E-state index contributed by atoms with van der Waals surface area (Å²) in [6, 6.07) is 7.76. The summed E-state index contributed by atoms with van der Waals surface area (Å²) in [6.45, 7) is 4.14. The van der Waals surface area contributed by atoms with E-state index >= 15 is 0 Å². The van der Waals surface area contributed by atoms with Gasteiger partial charge in [0, 0.05) is 18.2 Å². The highest BCUT2D eigenvalue weighted by Gasteiger charge is 2.20. The lowest BCUT2D eigenvalue weighted by molar-refractivity contribution is -0.120. The van der Waals surface area contributed by atoms with Gasteiger partial charge in [0.15, 0.2) is 0 Å². The minimum atomic E-state index is 0.174. The van der Waals surface area contributed by atoms with Crippen molar-refractivity contribution in [2.45, 2.75) is 44.9 Å². The lowest BCUT2D eigenvalue weighted by Gasteiger charge is -2.20. The number of benzene rings is 1. The maximum atomic E-state index is 12.2. The second-order valence-corrected chi connectivity index (χ2v) is 6.75. The minimum Gasteiger partial charge on any atom is -0.492 e. The molecular weight excluding hydrogens is 288 g/mol. The van der Waals surface area contributed by atoms with Crippen molar-refractivity contribution in [2.24, 2.45) is 5.92 Å². The maximum Gasteiger partial charge on any atom is 0.227 e. The SMILES string of the molecule is O=C(Nc1ccc(OCCN2CCCC2)cc1)C1CCCCC1. The molecule has 126 valence electrons. The molecule has 4 heteroatoms. The molecule has 1 saturated carbocycles. The Balaban J connectivity index is 1.41. The number of nitrogens with zero attached hydrogens (tertiary/aromatic N) is 1. The largest absolute Gasteiger partial charge is 0.492 e. The predicted molar refractivity (Wildman–Crippen MR) is 92.8 cm³/mol. The van der Waals surface area contributed by atoms with Crippen LogP contribution in [0.4, 0.5) is 5.69 Å². The van der Waals surface area contributed by atoms with Crippen LogP contribution in [0.1, 0.15) is 44.9 Å². The molecule has 1 aliphatic carbocycles. The number of nitrogens with one attached hydrogen (secondary N) is 1. The average Bonchev–Trinajstić information content (AvgIpc) is 3.11. The first-order valence-corrected chi connectivity index (χ1v) is 9.07. The van der Waals surface area contributed by atoms with Crippen LogP contribution in [-0.2, 0) is 4.79 Å². The Morgan fingerprint density at radius 3 is 2.43 bits per heavy atom. The molecular formula is C19H28N2O2. The molecule has 1 N–H and O–H groups in total. The number of carbonyl (C=O) groups excluding carboxylic acids is 1. The standard InChI is InChI=1S/C19H28N2O2/c22-19(16-6-2-1-3-7-16)20-17-8-10-18(11-9-17)23-15-14-21-12-4-5-13-21/h8-11,16H,1-7,12-15H2,(H,20,22). The van der Waals surface area contributed by atoms with Gasteiger partial charge in [-0.25, -0.2) is 0 Å². The number of hydrogen-bond acceptors (Lipinski definition) is 3. The van der Waals surface area contributed by atoms with Crippen LogP contribution < -0.4 is 10.1 Å². The summed E-state index contributed by atoms with van der Waals surface area (Å²) in [5.74, 6) is 1.24. The average molecular weight is 316 g/mol. The first kappa shape index (κ1) is 16.3. The molecule has 0 spiro atoms. The molecule has 4 nitrogen and oxygen atoms in total. The molecule has 1 heterocycles. The molecule has 23 heavy (non-hydrogen) atoms. The Morgan fingerprint density at radius 2 is 1.74 bits per heavy atom. The highest BCUT2D eigenvalue weighted by atomic mass is 16.5. The number of hydrogen-bond donors (Lipinski definition) is 1. The van der Waals surface area contributed by atoms with Gasteiger partial charge in [-0.3, -0.25) is 9.69 Å². The van der Waals surface area contributed by atoms with Gasteiger partial charge in [-0.2, -0.15) is 0 Å². The summed E-state index contributed by atoms with van der Waals surface area (Å²) in [6.07, 6.45) is 8.33. The fraction of sp³-hybridized carbons (Fsp3) is 0.632. The molecule has 1 amide bonds. The van der Waals surface area contributed by atoms with Crippen LogP contribution in [0.15, 0.2) is 24.3 Å². The Labute approximate surface area is 139 Å². The van der Waals surface area contributed by atoms with Gasteiger partial charge in [0.25, 0.3) is 0 Å². The van der Waals surface area contributed by atoms with Gasteiger partial charge in [0.05, 0.1) is 0 Å². The van der Waals surface area contributed by atoms with Gasteiger partial charge in [-0.15, -0.1) is 0 Å². The van der Waals surface area contributed by atoms with Crippen LogP contribution in [0.3, 0.4) is 0 Å². The molecule has 0 radical (unpaired) electrons. The third-order valence-corrected chi connectivity index (χ3v) is 4.97. The highest BCUT2D eigenvalue weighted by Crippen LogP contribution is 2.25. The zero-order chi connectivity index (χ0) is 15.9. The lowest BCUT2D eigenvalue weighted by atomic mass is 9.88. The Morgan fingerprint density at radius 1 is 1.04 bits per heavy atom. The van der Waals surface area contributed by atoms with E-state index in [0.29, 0.717) is 0 Å². The molecule has 0 bridgehead atoms. The van der Waals surface area contributed by atoms with E-state index in [1.807, 2.05) is 24.3 Å². The van der Waals surface area contributed by atoms with E-state index in [4.69, 9.17) is 4.74 Å². The number of likely N-dealkylation sites (tertiary alicyclic amines) is 1. The van der Waals surface area contributed by atoms with Gasteiger partial charge in [-0.05, 0) is 63.0 Å². The first-order chi connectivity index (χ1) is 11.3. The molecule has 1 aliphatic heterocycles. The van der Waals surface area contributed by atoms with E-state index in [2.05, 4.69) is 10.2 Å². The van der Waals surface area contributed by atoms with Crippen molar-refractivity contribution in [2.75, 3.05) is 31.6 Å². The molecule has 3 rings (SSSR count). The summed E-state index contributed by atoms with van der Waals surface area (Å²) < 4.78 is 5.79. The molecule has 0 atom stereocenters. The van der Waals surface area contributed by atoms with Crippen LogP contribution in [0.25, 0.3) is 0 Å². The number of rotatable bonds is 6. The summed E-state index contributed by atoms with van der Waals surface area (Å²) in [5.41, 5.74) is 0.868. The fourth-order valence-electron chi connectivity index (χ4n) is 3.54. The summed E-state index contributed by atoms with van der Waals surface area (Å²) >= 11 is 0. The number of amides is 1. The Bertz CT molecular complexity index is 489. The molecule has 2 fully saturated rings. The van der Waals surface area contributed by atoms with E-state index in [1.165, 1.54) is 45.2 Å². The van der Waals surface area contributed by atoms with Gasteiger partial charge < -0.3 is 10.1 Å². The summed E-state index contributed by atoms with van der Waals surface area (Å²) in [7, 11) is 0. The molecule has 0 aromatic heterocycles. The van der Waals surface area contributed by atoms with Crippen LogP contribution in [0.5, 0.6) is 5.75 Å². The second-order valence-electron chi connectivity index (χ2n) is 6.75. The smallest absolute Gasteiger partial charge is 0.227 e. The van der Waals surface area contributed by atoms with Crippen molar-refractivity contribution >= 4 is 11.6 Å². The second kappa shape index (κ2) is 8.34. The van der Waals surface area contributed by atoms with Crippen molar-refractivity contribution in [3.8, 4) is 5.75 Å². The van der Waals surface area contributed by atoms with Crippen molar-refractivity contribution in [3.63, 3.8) is 0 Å². The minimum absolute atomic E-state index is 0.174. The normalized spacial score (nSPS) is 19.7.